The lowest BCUT2D eigenvalue weighted by atomic mass is 10.0. The average Bonchev–Trinajstić information content (AvgIpc) is 2.36. The lowest BCUT2D eigenvalue weighted by Crippen LogP contribution is -2.30. The zero-order valence-corrected chi connectivity index (χ0v) is 11.3. The standard InChI is InChI=1S/C14H19F4NO/c1-2-12(19)13(10-5-3-6-11(15)9-10)20-8-4-7-14(16,17)18/h3,5-6,9,12-13H,2,4,7-8,19H2,1H3. The first kappa shape index (κ1) is 16.9. The number of nitrogens with two attached hydrogens (primary N) is 1. The van der Waals surface area contributed by atoms with Gasteiger partial charge in [0.2, 0.25) is 0 Å². The molecule has 0 aliphatic rings. The van der Waals surface area contributed by atoms with Crippen LogP contribution in [0.25, 0.3) is 0 Å². The van der Waals surface area contributed by atoms with Crippen molar-refractivity contribution < 1.29 is 22.3 Å². The van der Waals surface area contributed by atoms with Gasteiger partial charge in [0, 0.05) is 19.1 Å². The van der Waals surface area contributed by atoms with Gasteiger partial charge in [-0.05, 0) is 30.5 Å². The third-order valence-corrected chi connectivity index (χ3v) is 2.94. The number of rotatable bonds is 7. The number of hydrogen-bond acceptors (Lipinski definition) is 2. The monoisotopic (exact) mass is 293 g/mol. The normalized spacial score (nSPS) is 15.1. The van der Waals surface area contributed by atoms with Crippen LogP contribution in [0.1, 0.15) is 37.9 Å². The van der Waals surface area contributed by atoms with Gasteiger partial charge in [-0.25, -0.2) is 4.39 Å². The minimum absolute atomic E-state index is 0.0611. The minimum atomic E-state index is -4.19. The maximum Gasteiger partial charge on any atom is 0.389 e. The number of hydrogen-bond donors (Lipinski definition) is 1. The summed E-state index contributed by atoms with van der Waals surface area (Å²) >= 11 is 0. The van der Waals surface area contributed by atoms with Gasteiger partial charge in [-0.1, -0.05) is 19.1 Å². The first-order chi connectivity index (χ1) is 9.33. The molecule has 0 fully saturated rings. The van der Waals surface area contributed by atoms with Crippen LogP contribution in [0.4, 0.5) is 17.6 Å². The van der Waals surface area contributed by atoms with E-state index in [4.69, 9.17) is 10.5 Å². The van der Waals surface area contributed by atoms with E-state index in [0.29, 0.717) is 12.0 Å². The molecule has 2 atom stereocenters. The van der Waals surface area contributed by atoms with E-state index >= 15 is 0 Å². The van der Waals surface area contributed by atoms with Gasteiger partial charge >= 0.3 is 6.18 Å². The minimum Gasteiger partial charge on any atom is -0.372 e. The molecule has 1 aromatic rings. The molecule has 2 nitrogen and oxygen atoms in total. The van der Waals surface area contributed by atoms with Crippen LogP contribution >= 0.6 is 0 Å². The Labute approximate surface area is 115 Å². The van der Waals surface area contributed by atoms with Crippen LogP contribution in [-0.4, -0.2) is 18.8 Å². The van der Waals surface area contributed by atoms with Crippen molar-refractivity contribution >= 4 is 0 Å². The van der Waals surface area contributed by atoms with Crippen LogP contribution in [0.15, 0.2) is 24.3 Å². The summed E-state index contributed by atoms with van der Waals surface area (Å²) in [6.45, 7) is 1.78. The molecule has 1 rings (SSSR count). The van der Waals surface area contributed by atoms with Crippen LogP contribution in [-0.2, 0) is 4.74 Å². The summed E-state index contributed by atoms with van der Waals surface area (Å²) in [7, 11) is 0. The van der Waals surface area contributed by atoms with E-state index in [-0.39, 0.29) is 19.1 Å². The van der Waals surface area contributed by atoms with Gasteiger partial charge in [0.1, 0.15) is 5.82 Å². The van der Waals surface area contributed by atoms with Gasteiger partial charge in [-0.3, -0.25) is 0 Å². The molecule has 0 saturated heterocycles. The molecular formula is C14H19F4NO. The van der Waals surface area contributed by atoms with Gasteiger partial charge in [0.25, 0.3) is 0 Å². The van der Waals surface area contributed by atoms with E-state index < -0.39 is 24.5 Å². The molecule has 20 heavy (non-hydrogen) atoms. The average molecular weight is 293 g/mol. The Morgan fingerprint density at radius 3 is 2.55 bits per heavy atom. The first-order valence-corrected chi connectivity index (χ1v) is 6.53. The van der Waals surface area contributed by atoms with E-state index in [2.05, 4.69) is 0 Å². The smallest absolute Gasteiger partial charge is 0.372 e. The zero-order chi connectivity index (χ0) is 15.2. The van der Waals surface area contributed by atoms with Crippen LogP contribution in [0.3, 0.4) is 0 Å². The van der Waals surface area contributed by atoms with Crippen LogP contribution in [0.5, 0.6) is 0 Å². The molecule has 2 unspecified atom stereocenters. The Kier molecular flexibility index (Phi) is 6.42. The highest BCUT2D eigenvalue weighted by Crippen LogP contribution is 2.25. The second-order valence-electron chi connectivity index (χ2n) is 4.64. The van der Waals surface area contributed by atoms with Gasteiger partial charge in [-0.15, -0.1) is 0 Å². The van der Waals surface area contributed by atoms with E-state index in [1.165, 1.54) is 18.2 Å². The highest BCUT2D eigenvalue weighted by atomic mass is 19.4. The Balaban J connectivity index is 2.62. The molecular weight excluding hydrogens is 274 g/mol. The van der Waals surface area contributed by atoms with Crippen LogP contribution < -0.4 is 5.73 Å². The number of halogens is 4. The molecule has 0 bridgehead atoms. The van der Waals surface area contributed by atoms with Gasteiger partial charge in [0.05, 0.1) is 6.10 Å². The van der Waals surface area contributed by atoms with Crippen molar-refractivity contribution in [1.82, 2.24) is 0 Å². The molecule has 0 amide bonds. The third kappa shape index (κ3) is 5.88. The fourth-order valence-corrected chi connectivity index (χ4v) is 1.85. The summed E-state index contributed by atoms with van der Waals surface area (Å²) in [5.74, 6) is -0.422. The molecule has 1 aromatic carbocycles. The largest absolute Gasteiger partial charge is 0.389 e. The lowest BCUT2D eigenvalue weighted by Gasteiger charge is -2.24. The summed E-state index contributed by atoms with van der Waals surface area (Å²) in [6.07, 6.45) is -5.23. The van der Waals surface area contributed by atoms with Crippen molar-refractivity contribution in [3.63, 3.8) is 0 Å². The maximum absolute atomic E-state index is 13.2. The topological polar surface area (TPSA) is 35.2 Å². The van der Waals surface area contributed by atoms with Crippen LogP contribution in [0.2, 0.25) is 0 Å². The fraction of sp³-hybridized carbons (Fsp3) is 0.571. The van der Waals surface area contributed by atoms with E-state index in [9.17, 15) is 17.6 Å². The molecule has 0 heterocycles. The number of alkyl halides is 3. The summed E-state index contributed by atoms with van der Waals surface area (Å²) in [4.78, 5) is 0. The quantitative estimate of drug-likeness (QED) is 0.610. The molecule has 114 valence electrons. The molecule has 2 N–H and O–H groups in total. The highest BCUT2D eigenvalue weighted by Gasteiger charge is 2.27. The number of benzene rings is 1. The molecule has 0 aromatic heterocycles. The van der Waals surface area contributed by atoms with Gasteiger partial charge in [-0.2, -0.15) is 13.2 Å². The predicted octanol–water partition coefficient (Wildman–Crippen LogP) is 3.96. The molecule has 0 aliphatic carbocycles. The third-order valence-electron chi connectivity index (χ3n) is 2.94. The van der Waals surface area contributed by atoms with Crippen LogP contribution in [0, 0.1) is 5.82 Å². The molecule has 6 heteroatoms. The summed E-state index contributed by atoms with van der Waals surface area (Å²) < 4.78 is 54.8. The van der Waals surface area contributed by atoms with E-state index in [1.54, 1.807) is 6.07 Å². The lowest BCUT2D eigenvalue weighted by molar-refractivity contribution is -0.139. The summed E-state index contributed by atoms with van der Waals surface area (Å²) in [5, 5.41) is 0. The fourth-order valence-electron chi connectivity index (χ4n) is 1.85. The van der Waals surface area contributed by atoms with E-state index in [0.717, 1.165) is 0 Å². The Morgan fingerprint density at radius 2 is 2.00 bits per heavy atom. The van der Waals surface area contributed by atoms with E-state index in [1.807, 2.05) is 6.92 Å². The SMILES string of the molecule is CCC(N)C(OCCCC(F)(F)F)c1cccc(F)c1. The van der Waals surface area contributed by atoms with Gasteiger partial charge in [0.15, 0.2) is 0 Å². The van der Waals surface area contributed by atoms with Crippen molar-refractivity contribution in [3.05, 3.63) is 35.6 Å². The number of ether oxygens (including phenoxy) is 1. The Morgan fingerprint density at radius 1 is 1.30 bits per heavy atom. The molecule has 0 saturated carbocycles. The molecule has 0 radical (unpaired) electrons. The zero-order valence-electron chi connectivity index (χ0n) is 11.3. The highest BCUT2D eigenvalue weighted by molar-refractivity contribution is 5.20. The van der Waals surface area contributed by atoms with Crippen molar-refractivity contribution in [3.8, 4) is 0 Å². The Bertz CT molecular complexity index is 408. The first-order valence-electron chi connectivity index (χ1n) is 6.53. The van der Waals surface area contributed by atoms with Crippen molar-refractivity contribution in [2.45, 2.75) is 44.5 Å². The molecule has 0 spiro atoms. The van der Waals surface area contributed by atoms with Crippen molar-refractivity contribution in [2.24, 2.45) is 5.73 Å². The Hall–Kier alpha value is -1.14. The summed E-state index contributed by atoms with van der Waals surface area (Å²) in [5.41, 5.74) is 6.45. The summed E-state index contributed by atoms with van der Waals surface area (Å²) in [6, 6.07) is 5.39. The second-order valence-corrected chi connectivity index (χ2v) is 4.64. The molecule has 0 aliphatic heterocycles. The van der Waals surface area contributed by atoms with Crippen molar-refractivity contribution in [2.75, 3.05) is 6.61 Å². The van der Waals surface area contributed by atoms with Crippen molar-refractivity contribution in [1.29, 1.82) is 0 Å². The van der Waals surface area contributed by atoms with Gasteiger partial charge < -0.3 is 10.5 Å². The maximum atomic E-state index is 13.2. The predicted molar refractivity (Wildman–Crippen MR) is 68.6 cm³/mol. The second kappa shape index (κ2) is 7.59.